The number of rotatable bonds is 7. The zero-order chi connectivity index (χ0) is 23.6. The van der Waals surface area contributed by atoms with Gasteiger partial charge in [-0.3, -0.25) is 4.72 Å². The number of β-amino-alcohol motifs (C(OH)–C–C–N with tert-alkyl or cyclic N) is 1. The van der Waals surface area contributed by atoms with Crippen LogP contribution in [0.4, 0.5) is 19.6 Å². The molecule has 1 aliphatic heterocycles. The summed E-state index contributed by atoms with van der Waals surface area (Å²) < 4.78 is 65.1. The monoisotopic (exact) mass is 517 g/mol. The van der Waals surface area contributed by atoms with E-state index in [1.165, 1.54) is 0 Å². The summed E-state index contributed by atoms with van der Waals surface area (Å²) >= 11 is 6.68. The summed E-state index contributed by atoms with van der Waals surface area (Å²) in [4.78, 5) is 4.46. The summed E-state index contributed by atoms with van der Waals surface area (Å²) in [5, 5.41) is 13.9. The number of anilines is 2. The van der Waals surface area contributed by atoms with Gasteiger partial charge >= 0.3 is 0 Å². The maximum Gasteiger partial charge on any atom is 0.266 e. The molecular formula is C19H18ClF2N5O4S2. The first-order valence-electron chi connectivity index (χ1n) is 9.58. The predicted molar refractivity (Wildman–Crippen MR) is 119 cm³/mol. The van der Waals surface area contributed by atoms with Crippen LogP contribution >= 0.6 is 23.1 Å². The molecule has 1 aromatic heterocycles. The minimum absolute atomic E-state index is 0.0826. The Kier molecular flexibility index (Phi) is 6.95. The van der Waals surface area contributed by atoms with Crippen LogP contribution in [0, 0.1) is 11.6 Å². The van der Waals surface area contributed by atoms with Crippen LogP contribution in [-0.2, 0) is 10.0 Å². The van der Waals surface area contributed by atoms with Gasteiger partial charge in [-0.2, -0.15) is 4.37 Å². The third-order valence-corrected chi connectivity index (χ3v) is 7.15. The molecule has 3 aromatic rings. The van der Waals surface area contributed by atoms with Crippen LogP contribution in [-0.4, -0.2) is 54.8 Å². The van der Waals surface area contributed by atoms with E-state index in [4.69, 9.17) is 16.3 Å². The molecule has 0 amide bonds. The number of aliphatic hydroxyl groups is 1. The normalized spacial score (nSPS) is 18.8. The maximum atomic E-state index is 14.6. The molecule has 176 valence electrons. The van der Waals surface area contributed by atoms with E-state index in [1.807, 2.05) is 4.72 Å². The molecule has 2 heterocycles. The Morgan fingerprint density at radius 1 is 1.24 bits per heavy atom. The van der Waals surface area contributed by atoms with Gasteiger partial charge in [0.25, 0.3) is 10.0 Å². The van der Waals surface area contributed by atoms with Crippen molar-refractivity contribution in [1.82, 2.24) is 14.7 Å². The van der Waals surface area contributed by atoms with Crippen LogP contribution < -0.4 is 19.7 Å². The minimum atomic E-state index is -4.42. The van der Waals surface area contributed by atoms with Gasteiger partial charge in [0.1, 0.15) is 29.9 Å². The zero-order valence-electron chi connectivity index (χ0n) is 16.8. The molecule has 1 unspecified atom stereocenters. The van der Waals surface area contributed by atoms with E-state index in [0.29, 0.717) is 35.9 Å². The molecule has 0 aliphatic carbocycles. The van der Waals surface area contributed by atoms with Crippen molar-refractivity contribution in [3.05, 3.63) is 59.4 Å². The molecule has 2 aromatic carbocycles. The van der Waals surface area contributed by atoms with Crippen molar-refractivity contribution in [2.75, 3.05) is 29.3 Å². The highest BCUT2D eigenvalue weighted by Gasteiger charge is 2.31. The molecule has 0 bridgehead atoms. The maximum absolute atomic E-state index is 14.6. The van der Waals surface area contributed by atoms with Crippen molar-refractivity contribution in [3.63, 3.8) is 0 Å². The highest BCUT2D eigenvalue weighted by atomic mass is 35.5. The van der Waals surface area contributed by atoms with Gasteiger partial charge in [0.05, 0.1) is 6.04 Å². The second kappa shape index (κ2) is 9.73. The first kappa shape index (κ1) is 23.6. The number of hydrogen-bond donors (Lipinski definition) is 3. The number of benzene rings is 2. The Labute approximate surface area is 197 Å². The lowest BCUT2D eigenvalue weighted by Gasteiger charge is -2.41. The van der Waals surface area contributed by atoms with Crippen molar-refractivity contribution in [2.24, 2.45) is 0 Å². The lowest BCUT2D eigenvalue weighted by molar-refractivity contribution is 0.118. The number of nitrogens with one attached hydrogen (secondary N) is 2. The van der Waals surface area contributed by atoms with Gasteiger partial charge in [-0.1, -0.05) is 11.6 Å². The Morgan fingerprint density at radius 3 is 2.70 bits per heavy atom. The Bertz CT molecular complexity index is 1220. The standard InChI is InChI=1S/C19H18ClF2N5O4S2/c20-11-1-3-12(4-2-11)27-13(7-23-8-18(27)28)9-31-16-5-15(22)17(6-14(16)21)33(29,30)26-19-24-10-25-32-19/h1-6,10,13,18,23,28H,7-9H2,(H,24,25,26)/t13-,18?/m1/s1. The molecule has 0 spiro atoms. The SMILES string of the molecule is O=S(=O)(Nc1ncns1)c1cc(F)c(OC[C@H]2CNCC(O)N2c2ccc(Cl)cc2)cc1F. The number of sulfonamides is 1. The summed E-state index contributed by atoms with van der Waals surface area (Å²) in [5.41, 5.74) is 0.679. The summed E-state index contributed by atoms with van der Waals surface area (Å²) in [6.45, 7) is 0.594. The van der Waals surface area contributed by atoms with Gasteiger partial charge < -0.3 is 20.1 Å². The third-order valence-electron chi connectivity index (χ3n) is 4.84. The molecule has 1 saturated heterocycles. The number of ether oxygens (including phenoxy) is 1. The number of aromatic nitrogens is 2. The van der Waals surface area contributed by atoms with Crippen LogP contribution in [0.25, 0.3) is 0 Å². The van der Waals surface area contributed by atoms with Gasteiger partial charge in [0.2, 0.25) is 5.13 Å². The van der Waals surface area contributed by atoms with E-state index in [9.17, 15) is 22.3 Å². The van der Waals surface area contributed by atoms with E-state index in [0.717, 1.165) is 17.9 Å². The molecule has 4 rings (SSSR count). The second-order valence-electron chi connectivity index (χ2n) is 7.05. The first-order valence-corrected chi connectivity index (χ1v) is 12.2. The predicted octanol–water partition coefficient (Wildman–Crippen LogP) is 2.45. The van der Waals surface area contributed by atoms with E-state index < -0.39 is 44.6 Å². The number of piperazine rings is 1. The lowest BCUT2D eigenvalue weighted by atomic mass is 10.1. The molecular weight excluding hydrogens is 500 g/mol. The largest absolute Gasteiger partial charge is 0.488 e. The Balaban J connectivity index is 1.51. The van der Waals surface area contributed by atoms with Gasteiger partial charge in [0.15, 0.2) is 11.6 Å². The van der Waals surface area contributed by atoms with Crippen molar-refractivity contribution >= 4 is 44.0 Å². The minimum Gasteiger partial charge on any atom is -0.488 e. The van der Waals surface area contributed by atoms with E-state index in [1.54, 1.807) is 29.2 Å². The highest BCUT2D eigenvalue weighted by molar-refractivity contribution is 7.93. The average molecular weight is 518 g/mol. The van der Waals surface area contributed by atoms with Gasteiger partial charge in [0, 0.05) is 47.5 Å². The number of hydrogen-bond acceptors (Lipinski definition) is 9. The van der Waals surface area contributed by atoms with Crippen molar-refractivity contribution < 1.29 is 27.0 Å². The summed E-state index contributed by atoms with van der Waals surface area (Å²) in [6.07, 6.45) is 0.245. The topological polar surface area (TPSA) is 117 Å². The zero-order valence-corrected chi connectivity index (χ0v) is 19.2. The van der Waals surface area contributed by atoms with Gasteiger partial charge in [-0.05, 0) is 24.3 Å². The summed E-state index contributed by atoms with van der Waals surface area (Å²) in [5.74, 6) is -2.71. The van der Waals surface area contributed by atoms with Gasteiger partial charge in [-0.25, -0.2) is 22.2 Å². The quantitative estimate of drug-likeness (QED) is 0.437. The molecule has 14 heteroatoms. The van der Waals surface area contributed by atoms with Crippen molar-refractivity contribution in [1.29, 1.82) is 0 Å². The van der Waals surface area contributed by atoms with Crippen LogP contribution in [0.5, 0.6) is 5.75 Å². The van der Waals surface area contributed by atoms with Crippen molar-refractivity contribution in [3.8, 4) is 5.75 Å². The fraction of sp³-hybridized carbons (Fsp3) is 0.263. The Hall–Kier alpha value is -2.58. The molecule has 9 nitrogen and oxygen atoms in total. The van der Waals surface area contributed by atoms with Crippen LogP contribution in [0.2, 0.25) is 5.02 Å². The van der Waals surface area contributed by atoms with E-state index >= 15 is 0 Å². The third kappa shape index (κ3) is 5.33. The van der Waals surface area contributed by atoms with Crippen LogP contribution in [0.1, 0.15) is 0 Å². The molecule has 1 aliphatic rings. The van der Waals surface area contributed by atoms with Crippen molar-refractivity contribution in [2.45, 2.75) is 17.2 Å². The fourth-order valence-corrected chi connectivity index (χ4v) is 5.21. The lowest BCUT2D eigenvalue weighted by Crippen LogP contribution is -2.59. The molecule has 2 atom stereocenters. The Morgan fingerprint density at radius 2 is 2.00 bits per heavy atom. The first-order chi connectivity index (χ1) is 15.7. The van der Waals surface area contributed by atoms with Gasteiger partial charge in [-0.15, -0.1) is 0 Å². The summed E-state index contributed by atoms with van der Waals surface area (Å²) in [7, 11) is -4.42. The van der Waals surface area contributed by atoms with E-state index in [2.05, 4.69) is 14.7 Å². The van der Waals surface area contributed by atoms with Crippen LogP contribution in [0.15, 0.2) is 47.6 Å². The smallest absolute Gasteiger partial charge is 0.266 e. The molecule has 0 saturated carbocycles. The molecule has 0 radical (unpaired) electrons. The summed E-state index contributed by atoms with van der Waals surface area (Å²) in [6, 6.07) is 7.59. The van der Waals surface area contributed by atoms with E-state index in [-0.39, 0.29) is 11.7 Å². The number of halogens is 3. The number of nitrogens with zero attached hydrogens (tertiary/aromatic N) is 3. The molecule has 3 N–H and O–H groups in total. The molecule has 33 heavy (non-hydrogen) atoms. The fourth-order valence-electron chi connectivity index (χ4n) is 3.36. The van der Waals surface area contributed by atoms with Crippen LogP contribution in [0.3, 0.4) is 0 Å². The second-order valence-corrected chi connectivity index (χ2v) is 9.92. The number of aliphatic hydroxyl groups excluding tert-OH is 1. The molecule has 1 fully saturated rings. The highest BCUT2D eigenvalue weighted by Crippen LogP contribution is 2.28. The average Bonchev–Trinajstić information content (AvgIpc) is 3.27.